The fourth-order valence-electron chi connectivity index (χ4n) is 3.46. The number of anilines is 1. The van der Waals surface area contributed by atoms with Crippen molar-refractivity contribution in [3.05, 3.63) is 52.8 Å². The maximum Gasteiger partial charge on any atom is 0.387 e. The lowest BCUT2D eigenvalue weighted by molar-refractivity contribution is -0.140. The minimum Gasteiger partial charge on any atom is -0.481 e. The Labute approximate surface area is 196 Å². The molecule has 1 fully saturated rings. The Morgan fingerprint density at radius 2 is 2.12 bits per heavy atom. The molecule has 1 atom stereocenters. The fourth-order valence-corrected chi connectivity index (χ4v) is 4.58. The molecule has 0 spiro atoms. The van der Waals surface area contributed by atoms with E-state index in [1.54, 1.807) is 17.5 Å². The fraction of sp³-hybridized carbons (Fsp3) is 0.318. The molecule has 2 heterocycles. The highest BCUT2D eigenvalue weighted by molar-refractivity contribution is 7.14. The van der Waals surface area contributed by atoms with Gasteiger partial charge in [0.1, 0.15) is 11.5 Å². The van der Waals surface area contributed by atoms with Crippen LogP contribution in [0.5, 0.6) is 5.75 Å². The van der Waals surface area contributed by atoms with E-state index in [-0.39, 0.29) is 30.5 Å². The quantitative estimate of drug-likeness (QED) is 0.399. The van der Waals surface area contributed by atoms with Crippen LogP contribution in [-0.4, -0.2) is 34.6 Å². The average molecular weight is 497 g/mol. The number of hydrogen-bond donors (Lipinski definition) is 1. The Kier molecular flexibility index (Phi) is 6.94. The molecule has 1 amide bonds. The zero-order valence-electron chi connectivity index (χ0n) is 17.1. The number of carbonyl (C=O) groups is 2. The number of halogens is 3. The molecule has 1 aliphatic rings. The predicted molar refractivity (Wildman–Crippen MR) is 118 cm³/mol. The number of carboxylic acid groups (broad SMARTS) is 1. The molecule has 0 unspecified atom stereocenters. The van der Waals surface area contributed by atoms with Gasteiger partial charge in [0, 0.05) is 23.4 Å². The third-order valence-electron chi connectivity index (χ3n) is 5.08. The molecule has 1 N–H and O–H groups in total. The molecule has 3 aromatic rings. The van der Waals surface area contributed by atoms with Crippen molar-refractivity contribution in [3.63, 3.8) is 0 Å². The lowest BCUT2D eigenvalue weighted by atomic mass is 9.98. The second kappa shape index (κ2) is 9.88. The number of benzene rings is 1. The van der Waals surface area contributed by atoms with Gasteiger partial charge in [0.2, 0.25) is 5.91 Å². The molecule has 4 rings (SSSR count). The highest BCUT2D eigenvalue weighted by Crippen LogP contribution is 2.39. The number of ether oxygens (including phenoxy) is 1. The Morgan fingerprint density at radius 3 is 2.76 bits per heavy atom. The van der Waals surface area contributed by atoms with Crippen LogP contribution in [-0.2, 0) is 16.0 Å². The van der Waals surface area contributed by atoms with Crippen molar-refractivity contribution in [1.29, 1.82) is 0 Å². The zero-order valence-corrected chi connectivity index (χ0v) is 18.7. The lowest BCUT2D eigenvalue weighted by Crippen LogP contribution is -2.39. The molecular formula is C22H19ClF2N2O5S. The maximum atomic E-state index is 13.4. The van der Waals surface area contributed by atoms with E-state index < -0.39 is 18.5 Å². The van der Waals surface area contributed by atoms with E-state index in [1.807, 2.05) is 0 Å². The molecule has 11 heteroatoms. The number of nitrogens with zero attached hydrogens (tertiary/aromatic N) is 2. The average Bonchev–Trinajstić information content (AvgIpc) is 3.23. The number of aromatic nitrogens is 1. The summed E-state index contributed by atoms with van der Waals surface area (Å²) in [5, 5.41) is 11.7. The summed E-state index contributed by atoms with van der Waals surface area (Å²) < 4.78 is 34.9. The molecule has 33 heavy (non-hydrogen) atoms. The molecule has 1 aliphatic carbocycles. The van der Waals surface area contributed by atoms with Gasteiger partial charge in [-0.3, -0.25) is 14.5 Å². The summed E-state index contributed by atoms with van der Waals surface area (Å²) in [5.74, 6) is -1.80. The minimum absolute atomic E-state index is 0.0611. The second-order valence-corrected chi connectivity index (χ2v) is 8.80. The topological polar surface area (TPSA) is 92.9 Å². The van der Waals surface area contributed by atoms with Crippen LogP contribution in [0.25, 0.3) is 11.3 Å². The van der Waals surface area contributed by atoms with E-state index in [4.69, 9.17) is 16.0 Å². The first kappa shape index (κ1) is 23.2. The van der Waals surface area contributed by atoms with E-state index in [2.05, 4.69) is 9.72 Å². The summed E-state index contributed by atoms with van der Waals surface area (Å²) in [5.41, 5.74) is 0.789. The molecule has 0 radical (unpaired) electrons. The lowest BCUT2D eigenvalue weighted by Gasteiger charge is -2.24. The van der Waals surface area contributed by atoms with Crippen LogP contribution >= 0.6 is 22.9 Å². The van der Waals surface area contributed by atoms with Crippen molar-refractivity contribution >= 4 is 39.9 Å². The summed E-state index contributed by atoms with van der Waals surface area (Å²) in [6.45, 7) is -2.98. The smallest absolute Gasteiger partial charge is 0.387 e. The number of rotatable bonds is 10. The van der Waals surface area contributed by atoms with Crippen LogP contribution in [0.15, 0.2) is 46.4 Å². The standard InChI is InChI=1S/C22H19ClF2N2O5S/c23-17-6-5-15(32-21(24)25)10-16(17)18-11-33-22(26-18)27(13-3-4-13)20(30)12(9-19(28)29)8-14-2-1-7-31-14/h1-2,5-7,10-13,21H,3-4,8-9H2,(H,28,29)/t12-/m1/s1. The molecule has 0 saturated heterocycles. The highest BCUT2D eigenvalue weighted by atomic mass is 35.5. The monoisotopic (exact) mass is 496 g/mol. The van der Waals surface area contributed by atoms with Gasteiger partial charge in [-0.1, -0.05) is 11.6 Å². The predicted octanol–water partition coefficient (Wildman–Crippen LogP) is 5.49. The first-order valence-corrected chi connectivity index (χ1v) is 11.3. The molecule has 0 bridgehead atoms. The Hall–Kier alpha value is -2.98. The Morgan fingerprint density at radius 1 is 1.33 bits per heavy atom. The number of thiazole rings is 1. The molecule has 1 aromatic carbocycles. The van der Waals surface area contributed by atoms with Crippen molar-refractivity contribution < 1.29 is 32.6 Å². The number of amides is 1. The highest BCUT2D eigenvalue weighted by Gasteiger charge is 2.39. The van der Waals surface area contributed by atoms with Crippen molar-refractivity contribution in [2.75, 3.05) is 4.90 Å². The van der Waals surface area contributed by atoms with E-state index in [9.17, 15) is 23.5 Å². The van der Waals surface area contributed by atoms with Crippen LogP contribution in [0.4, 0.5) is 13.9 Å². The molecular weight excluding hydrogens is 478 g/mol. The van der Waals surface area contributed by atoms with Crippen LogP contribution in [0.1, 0.15) is 25.0 Å². The summed E-state index contributed by atoms with van der Waals surface area (Å²) >= 11 is 7.44. The van der Waals surface area contributed by atoms with E-state index >= 15 is 0 Å². The van der Waals surface area contributed by atoms with Gasteiger partial charge in [0.15, 0.2) is 5.13 Å². The number of furan rings is 1. The first-order chi connectivity index (χ1) is 15.8. The normalized spacial score (nSPS) is 14.3. The van der Waals surface area contributed by atoms with E-state index in [0.29, 0.717) is 27.2 Å². The van der Waals surface area contributed by atoms with Crippen molar-refractivity contribution in [2.45, 2.75) is 38.3 Å². The van der Waals surface area contributed by atoms with Gasteiger partial charge in [-0.15, -0.1) is 11.3 Å². The number of carbonyl (C=O) groups excluding carboxylic acids is 1. The van der Waals surface area contributed by atoms with E-state index in [0.717, 1.165) is 12.8 Å². The maximum absolute atomic E-state index is 13.4. The molecule has 174 valence electrons. The van der Waals surface area contributed by atoms with Gasteiger partial charge < -0.3 is 14.3 Å². The number of hydrogen-bond acceptors (Lipinski definition) is 6. The Balaban J connectivity index is 1.61. The van der Waals surface area contributed by atoms with Gasteiger partial charge in [-0.05, 0) is 43.2 Å². The second-order valence-electron chi connectivity index (χ2n) is 7.55. The van der Waals surface area contributed by atoms with Crippen molar-refractivity contribution in [1.82, 2.24) is 4.98 Å². The van der Waals surface area contributed by atoms with Crippen LogP contribution in [0.2, 0.25) is 5.02 Å². The van der Waals surface area contributed by atoms with Crippen molar-refractivity contribution in [3.8, 4) is 17.0 Å². The van der Waals surface area contributed by atoms with Crippen molar-refractivity contribution in [2.24, 2.45) is 5.92 Å². The van der Waals surface area contributed by atoms with E-state index in [1.165, 1.54) is 40.7 Å². The SMILES string of the molecule is O=C(O)C[C@@H](Cc1ccco1)C(=O)N(c1nc(-c2cc(OC(F)F)ccc2Cl)cs1)C1CC1. The molecule has 1 saturated carbocycles. The number of carboxylic acids is 1. The van der Waals surface area contributed by atoms with Gasteiger partial charge in [0.25, 0.3) is 0 Å². The summed E-state index contributed by atoms with van der Waals surface area (Å²) in [6.07, 6.45) is 2.83. The summed E-state index contributed by atoms with van der Waals surface area (Å²) in [6, 6.07) is 7.43. The third kappa shape index (κ3) is 5.69. The summed E-state index contributed by atoms with van der Waals surface area (Å²) in [7, 11) is 0. The van der Waals surface area contributed by atoms with Crippen LogP contribution < -0.4 is 9.64 Å². The van der Waals surface area contributed by atoms with Gasteiger partial charge >= 0.3 is 12.6 Å². The van der Waals surface area contributed by atoms with Gasteiger partial charge in [-0.25, -0.2) is 4.98 Å². The van der Waals surface area contributed by atoms with Gasteiger partial charge in [-0.2, -0.15) is 8.78 Å². The zero-order chi connectivity index (χ0) is 23.5. The minimum atomic E-state index is -2.98. The summed E-state index contributed by atoms with van der Waals surface area (Å²) in [4.78, 5) is 30.9. The molecule has 7 nitrogen and oxygen atoms in total. The number of aliphatic carboxylic acids is 1. The Bertz CT molecular complexity index is 1130. The number of alkyl halides is 2. The van der Waals surface area contributed by atoms with Crippen LogP contribution in [0, 0.1) is 5.92 Å². The molecule has 2 aromatic heterocycles. The third-order valence-corrected chi connectivity index (χ3v) is 6.25. The molecule has 0 aliphatic heterocycles. The first-order valence-electron chi connectivity index (χ1n) is 10.1. The van der Waals surface area contributed by atoms with Gasteiger partial charge in [0.05, 0.1) is 29.3 Å². The largest absolute Gasteiger partial charge is 0.481 e. The van der Waals surface area contributed by atoms with Crippen LogP contribution in [0.3, 0.4) is 0 Å².